The van der Waals surface area contributed by atoms with Crippen molar-refractivity contribution >= 4 is 22.0 Å². The Labute approximate surface area is 85.7 Å². The molecule has 0 amide bonds. The average Bonchev–Trinajstić information content (AvgIpc) is 2.03. The molecule has 0 saturated carbocycles. The molecule has 1 unspecified atom stereocenters. The highest BCUT2D eigenvalue weighted by Gasteiger charge is 2.01. The lowest BCUT2D eigenvalue weighted by Crippen LogP contribution is -1.91. The van der Waals surface area contributed by atoms with E-state index in [0.29, 0.717) is 5.56 Å². The molecule has 0 radical (unpaired) electrons. The number of aliphatic hydroxyl groups is 1. The summed E-state index contributed by atoms with van der Waals surface area (Å²) in [4.78, 5) is 0. The highest BCUT2D eigenvalue weighted by atomic mass is 79.9. The Hall–Kier alpha value is -0.800. The molecule has 0 fully saturated rings. The van der Waals surface area contributed by atoms with Crippen molar-refractivity contribution in [2.45, 2.75) is 13.0 Å². The number of aromatic hydroxyl groups is 1. The highest BCUT2D eigenvalue weighted by molar-refractivity contribution is 9.10. The summed E-state index contributed by atoms with van der Waals surface area (Å²) < 4.78 is 0.810. The van der Waals surface area contributed by atoms with Crippen molar-refractivity contribution in [3.63, 3.8) is 0 Å². The molecule has 0 aliphatic rings. The van der Waals surface area contributed by atoms with E-state index in [0.717, 1.165) is 4.47 Å². The first-order valence-corrected chi connectivity index (χ1v) is 4.74. The number of phenolic OH excluding ortho intramolecular Hbond substituents is 1. The zero-order valence-electron chi connectivity index (χ0n) is 7.24. The number of hydrogen-bond acceptors (Lipinski definition) is 2. The largest absolute Gasteiger partial charge is 0.507 e. The van der Waals surface area contributed by atoms with Crippen LogP contribution >= 0.6 is 15.9 Å². The van der Waals surface area contributed by atoms with Crippen LogP contribution in [0, 0.1) is 0 Å². The van der Waals surface area contributed by atoms with Gasteiger partial charge in [-0.3, -0.25) is 0 Å². The van der Waals surface area contributed by atoms with Gasteiger partial charge in [0.05, 0.1) is 6.10 Å². The van der Waals surface area contributed by atoms with Crippen LogP contribution in [0.4, 0.5) is 0 Å². The summed E-state index contributed by atoms with van der Waals surface area (Å²) in [6.07, 6.45) is 2.79. The van der Waals surface area contributed by atoms with Crippen molar-refractivity contribution in [2.24, 2.45) is 0 Å². The Bertz CT molecular complexity index is 298. The molecular formula is C10H11BrO2. The molecule has 0 aromatic heterocycles. The molecule has 0 saturated heterocycles. The molecule has 1 aromatic rings. The lowest BCUT2D eigenvalue weighted by atomic mass is 10.2. The Morgan fingerprint density at radius 2 is 2.15 bits per heavy atom. The fraction of sp³-hybridized carbons (Fsp3) is 0.200. The van der Waals surface area contributed by atoms with Crippen molar-refractivity contribution in [1.29, 1.82) is 0 Å². The minimum Gasteiger partial charge on any atom is -0.507 e. The van der Waals surface area contributed by atoms with Crippen LogP contribution in [0.1, 0.15) is 12.5 Å². The molecule has 0 bridgehead atoms. The van der Waals surface area contributed by atoms with E-state index in [9.17, 15) is 5.11 Å². The summed E-state index contributed by atoms with van der Waals surface area (Å²) >= 11 is 3.30. The van der Waals surface area contributed by atoms with Gasteiger partial charge in [-0.15, -0.1) is 0 Å². The minimum absolute atomic E-state index is 0.200. The first-order chi connectivity index (χ1) is 6.11. The lowest BCUT2D eigenvalue weighted by Gasteiger charge is -2.01. The second-order valence-electron chi connectivity index (χ2n) is 2.77. The van der Waals surface area contributed by atoms with E-state index in [1.54, 1.807) is 31.2 Å². The van der Waals surface area contributed by atoms with Gasteiger partial charge < -0.3 is 10.2 Å². The summed E-state index contributed by atoms with van der Waals surface area (Å²) in [7, 11) is 0. The van der Waals surface area contributed by atoms with Gasteiger partial charge in [0.15, 0.2) is 0 Å². The maximum atomic E-state index is 9.44. The van der Waals surface area contributed by atoms with Gasteiger partial charge in [-0.1, -0.05) is 34.1 Å². The molecule has 1 rings (SSSR count). The van der Waals surface area contributed by atoms with Crippen LogP contribution in [0.15, 0.2) is 28.7 Å². The fourth-order valence-electron chi connectivity index (χ4n) is 0.926. The predicted octanol–water partition coefficient (Wildman–Crippen LogP) is 2.55. The number of hydrogen-bond donors (Lipinski definition) is 2. The zero-order chi connectivity index (χ0) is 9.84. The van der Waals surface area contributed by atoms with Crippen LogP contribution in [0.2, 0.25) is 0 Å². The first kappa shape index (κ1) is 10.3. The van der Waals surface area contributed by atoms with E-state index in [1.807, 2.05) is 6.07 Å². The molecule has 13 heavy (non-hydrogen) atoms. The van der Waals surface area contributed by atoms with E-state index in [1.165, 1.54) is 0 Å². The van der Waals surface area contributed by atoms with Crippen molar-refractivity contribution in [3.05, 3.63) is 34.3 Å². The van der Waals surface area contributed by atoms with Gasteiger partial charge in [0, 0.05) is 10.0 Å². The van der Waals surface area contributed by atoms with Crippen LogP contribution in [0.5, 0.6) is 5.75 Å². The predicted molar refractivity (Wildman–Crippen MR) is 56.5 cm³/mol. The summed E-state index contributed by atoms with van der Waals surface area (Å²) in [5, 5.41) is 18.5. The van der Waals surface area contributed by atoms with E-state index in [-0.39, 0.29) is 5.75 Å². The van der Waals surface area contributed by atoms with Gasteiger partial charge in [0.25, 0.3) is 0 Å². The normalized spacial score (nSPS) is 13.5. The molecular weight excluding hydrogens is 232 g/mol. The quantitative estimate of drug-likeness (QED) is 0.837. The maximum Gasteiger partial charge on any atom is 0.123 e. The molecule has 2 nitrogen and oxygen atoms in total. The van der Waals surface area contributed by atoms with Crippen LogP contribution in [-0.4, -0.2) is 16.3 Å². The second-order valence-corrected chi connectivity index (χ2v) is 3.63. The van der Waals surface area contributed by atoms with Gasteiger partial charge in [-0.2, -0.15) is 0 Å². The first-order valence-electron chi connectivity index (χ1n) is 3.95. The van der Waals surface area contributed by atoms with Crippen LogP contribution in [0.25, 0.3) is 6.08 Å². The molecule has 0 aliphatic heterocycles. The van der Waals surface area contributed by atoms with E-state index in [4.69, 9.17) is 5.11 Å². The molecule has 0 aliphatic carbocycles. The number of halogens is 1. The van der Waals surface area contributed by atoms with Crippen LogP contribution in [0.3, 0.4) is 0 Å². The Kier molecular flexibility index (Phi) is 3.51. The number of aliphatic hydroxyl groups excluding tert-OH is 1. The van der Waals surface area contributed by atoms with Crippen LogP contribution < -0.4 is 0 Å². The summed E-state index contributed by atoms with van der Waals surface area (Å²) in [5.74, 6) is 0.200. The number of rotatable bonds is 2. The summed E-state index contributed by atoms with van der Waals surface area (Å²) in [6.45, 7) is 1.66. The Morgan fingerprint density at radius 1 is 1.46 bits per heavy atom. The van der Waals surface area contributed by atoms with E-state index >= 15 is 0 Å². The lowest BCUT2D eigenvalue weighted by molar-refractivity contribution is 0.245. The van der Waals surface area contributed by atoms with Crippen molar-refractivity contribution in [1.82, 2.24) is 0 Å². The number of phenols is 1. The average molecular weight is 243 g/mol. The monoisotopic (exact) mass is 242 g/mol. The van der Waals surface area contributed by atoms with Crippen molar-refractivity contribution in [2.75, 3.05) is 0 Å². The smallest absolute Gasteiger partial charge is 0.123 e. The van der Waals surface area contributed by atoms with Gasteiger partial charge >= 0.3 is 0 Å². The molecule has 0 heterocycles. The van der Waals surface area contributed by atoms with Gasteiger partial charge in [0.1, 0.15) is 5.75 Å². The Balaban J connectivity index is 3.00. The summed E-state index contributed by atoms with van der Waals surface area (Å²) in [6, 6.07) is 5.19. The third kappa shape index (κ3) is 2.86. The summed E-state index contributed by atoms with van der Waals surface area (Å²) in [5.41, 5.74) is 0.684. The maximum absolute atomic E-state index is 9.44. The van der Waals surface area contributed by atoms with Crippen molar-refractivity contribution in [3.8, 4) is 5.75 Å². The third-order valence-corrected chi connectivity index (χ3v) is 2.26. The Morgan fingerprint density at radius 3 is 2.69 bits per heavy atom. The standard InChI is InChI=1S/C10H11BrO2/c1-7(12)5-6-8-9(11)3-2-4-10(8)13/h2-7,12-13H,1H3/b6-5+. The van der Waals surface area contributed by atoms with Gasteiger partial charge in [0.2, 0.25) is 0 Å². The molecule has 1 aromatic carbocycles. The third-order valence-electron chi connectivity index (χ3n) is 1.57. The van der Waals surface area contributed by atoms with Crippen LogP contribution in [-0.2, 0) is 0 Å². The molecule has 1 atom stereocenters. The zero-order valence-corrected chi connectivity index (χ0v) is 8.82. The molecule has 2 N–H and O–H groups in total. The minimum atomic E-state index is -0.508. The second kappa shape index (κ2) is 4.44. The highest BCUT2D eigenvalue weighted by Crippen LogP contribution is 2.26. The van der Waals surface area contributed by atoms with Gasteiger partial charge in [-0.25, -0.2) is 0 Å². The SMILES string of the molecule is CC(O)/C=C/c1c(O)cccc1Br. The van der Waals surface area contributed by atoms with Gasteiger partial charge in [-0.05, 0) is 19.1 Å². The number of benzene rings is 1. The molecule has 0 spiro atoms. The van der Waals surface area contributed by atoms with E-state index < -0.39 is 6.10 Å². The van der Waals surface area contributed by atoms with Crippen molar-refractivity contribution < 1.29 is 10.2 Å². The topological polar surface area (TPSA) is 40.5 Å². The fourth-order valence-corrected chi connectivity index (χ4v) is 1.41. The molecule has 70 valence electrons. The molecule has 3 heteroatoms. The van der Waals surface area contributed by atoms with E-state index in [2.05, 4.69) is 15.9 Å².